The van der Waals surface area contributed by atoms with Crippen molar-refractivity contribution in [1.82, 2.24) is 19.2 Å². The Labute approximate surface area is 148 Å². The average Bonchev–Trinajstić information content (AvgIpc) is 3.16. The minimum absolute atomic E-state index is 0.0478. The molecule has 0 aromatic carbocycles. The molecule has 2 saturated heterocycles. The van der Waals surface area contributed by atoms with Crippen LogP contribution < -0.4 is 0 Å². The van der Waals surface area contributed by atoms with Gasteiger partial charge in [-0.15, -0.1) is 0 Å². The van der Waals surface area contributed by atoms with E-state index in [1.165, 1.54) is 5.56 Å². The predicted molar refractivity (Wildman–Crippen MR) is 95.2 cm³/mol. The van der Waals surface area contributed by atoms with Crippen molar-refractivity contribution in [3.8, 4) is 0 Å². The number of nitrogens with zero attached hydrogens (tertiary/aromatic N) is 4. The number of hydrogen-bond acceptors (Lipinski definition) is 4. The van der Waals surface area contributed by atoms with Crippen LogP contribution in [-0.4, -0.2) is 63.0 Å². The molecule has 134 valence electrons. The number of hydrogen-bond donors (Lipinski definition) is 1. The van der Waals surface area contributed by atoms with E-state index >= 15 is 0 Å². The highest BCUT2D eigenvalue weighted by atomic mass is 16.3. The number of carbonyl (C=O) groups is 1. The maximum Gasteiger partial charge on any atom is 0.230 e. The third-order valence-electron chi connectivity index (χ3n) is 5.68. The Bertz CT molecular complexity index is 785. The first-order chi connectivity index (χ1) is 12.1. The van der Waals surface area contributed by atoms with Crippen molar-refractivity contribution in [3.05, 3.63) is 35.8 Å². The highest BCUT2D eigenvalue weighted by molar-refractivity contribution is 5.84. The topological polar surface area (TPSA) is 61.1 Å². The van der Waals surface area contributed by atoms with Crippen LogP contribution in [0, 0.1) is 12.3 Å². The summed E-state index contributed by atoms with van der Waals surface area (Å²) in [7, 11) is 0. The largest absolute Gasteiger partial charge is 0.395 e. The fourth-order valence-corrected chi connectivity index (χ4v) is 4.40. The molecule has 0 saturated carbocycles. The Balaban J connectivity index is 1.47. The summed E-state index contributed by atoms with van der Waals surface area (Å²) >= 11 is 0. The summed E-state index contributed by atoms with van der Waals surface area (Å²) in [5.41, 5.74) is 3.00. The molecule has 0 radical (unpaired) electrons. The van der Waals surface area contributed by atoms with Crippen molar-refractivity contribution in [1.29, 1.82) is 0 Å². The van der Waals surface area contributed by atoms with Gasteiger partial charge in [-0.3, -0.25) is 9.69 Å². The number of likely N-dealkylation sites (tertiary alicyclic amines) is 2. The van der Waals surface area contributed by atoms with Crippen molar-refractivity contribution in [2.45, 2.75) is 32.7 Å². The number of aryl methyl sites for hydroxylation is 1. The Hall–Kier alpha value is -1.92. The lowest BCUT2D eigenvalue weighted by atomic mass is 9.78. The van der Waals surface area contributed by atoms with E-state index in [4.69, 9.17) is 4.98 Å². The molecule has 2 aliphatic rings. The van der Waals surface area contributed by atoms with Gasteiger partial charge in [0.25, 0.3) is 0 Å². The van der Waals surface area contributed by atoms with Crippen LogP contribution in [0.4, 0.5) is 0 Å². The zero-order valence-electron chi connectivity index (χ0n) is 14.8. The van der Waals surface area contributed by atoms with Crippen LogP contribution in [0.1, 0.15) is 30.5 Å². The predicted octanol–water partition coefficient (Wildman–Crippen LogP) is 1.45. The summed E-state index contributed by atoms with van der Waals surface area (Å²) in [4.78, 5) is 21.8. The summed E-state index contributed by atoms with van der Waals surface area (Å²) in [6.45, 7) is 5.90. The number of pyridine rings is 1. The number of rotatable bonds is 4. The third-order valence-corrected chi connectivity index (χ3v) is 5.68. The minimum Gasteiger partial charge on any atom is -0.395 e. The van der Waals surface area contributed by atoms with Gasteiger partial charge in [-0.05, 0) is 50.4 Å². The standard InChI is InChI=1S/C19H26N4O2/c1-15-3-7-23-13-16(20-17(23)11-15)12-21-8-5-19(14-21)4-2-6-22(9-10-24)18(19)25/h3,7,11,13,24H,2,4-6,8-10,12,14H2,1H3/t19-/m0/s1. The Morgan fingerprint density at radius 3 is 3.04 bits per heavy atom. The van der Waals surface area contributed by atoms with Gasteiger partial charge in [0.05, 0.1) is 17.7 Å². The normalized spacial score (nSPS) is 24.7. The lowest BCUT2D eigenvalue weighted by Gasteiger charge is -2.39. The third kappa shape index (κ3) is 3.04. The van der Waals surface area contributed by atoms with Crippen LogP contribution in [0.5, 0.6) is 0 Å². The lowest BCUT2D eigenvalue weighted by molar-refractivity contribution is -0.146. The van der Waals surface area contributed by atoms with Crippen molar-refractivity contribution in [2.75, 3.05) is 32.8 Å². The zero-order chi connectivity index (χ0) is 17.4. The van der Waals surface area contributed by atoms with Gasteiger partial charge in [-0.25, -0.2) is 4.98 Å². The number of piperidine rings is 1. The van der Waals surface area contributed by atoms with E-state index in [2.05, 4.69) is 34.6 Å². The first kappa shape index (κ1) is 16.5. The van der Waals surface area contributed by atoms with Crippen LogP contribution in [0.2, 0.25) is 0 Å². The molecule has 1 atom stereocenters. The van der Waals surface area contributed by atoms with E-state index in [-0.39, 0.29) is 17.9 Å². The number of carbonyl (C=O) groups excluding carboxylic acids is 1. The molecule has 2 aliphatic heterocycles. The first-order valence-corrected chi connectivity index (χ1v) is 9.16. The summed E-state index contributed by atoms with van der Waals surface area (Å²) in [6, 6.07) is 4.17. The molecule has 6 heteroatoms. The molecule has 0 aliphatic carbocycles. The fraction of sp³-hybridized carbons (Fsp3) is 0.579. The smallest absolute Gasteiger partial charge is 0.230 e. The highest BCUT2D eigenvalue weighted by Crippen LogP contribution is 2.40. The van der Waals surface area contributed by atoms with Gasteiger partial charge in [0.15, 0.2) is 0 Å². The second-order valence-corrected chi connectivity index (χ2v) is 7.56. The number of fused-ring (bicyclic) bond motifs is 1. The molecule has 2 aromatic heterocycles. The van der Waals surface area contributed by atoms with Gasteiger partial charge in [0.2, 0.25) is 5.91 Å². The van der Waals surface area contributed by atoms with Crippen molar-refractivity contribution >= 4 is 11.6 Å². The average molecular weight is 342 g/mol. The van der Waals surface area contributed by atoms with Crippen molar-refractivity contribution < 1.29 is 9.90 Å². The van der Waals surface area contributed by atoms with Gasteiger partial charge in [-0.2, -0.15) is 0 Å². The highest BCUT2D eigenvalue weighted by Gasteiger charge is 2.48. The molecule has 1 N–H and O–H groups in total. The van der Waals surface area contributed by atoms with Crippen LogP contribution >= 0.6 is 0 Å². The van der Waals surface area contributed by atoms with Gasteiger partial charge in [0, 0.05) is 38.6 Å². The van der Waals surface area contributed by atoms with Crippen LogP contribution in [0.15, 0.2) is 24.5 Å². The zero-order valence-corrected chi connectivity index (χ0v) is 14.8. The van der Waals surface area contributed by atoms with Crippen LogP contribution in [-0.2, 0) is 11.3 Å². The van der Waals surface area contributed by atoms with Crippen molar-refractivity contribution in [2.24, 2.45) is 5.41 Å². The fourth-order valence-electron chi connectivity index (χ4n) is 4.40. The molecular weight excluding hydrogens is 316 g/mol. The molecule has 4 heterocycles. The number of amides is 1. The van der Waals surface area contributed by atoms with Gasteiger partial charge >= 0.3 is 0 Å². The number of aromatic nitrogens is 2. The molecular formula is C19H26N4O2. The lowest BCUT2D eigenvalue weighted by Crippen LogP contribution is -2.50. The van der Waals surface area contributed by atoms with E-state index in [0.29, 0.717) is 6.54 Å². The van der Waals surface area contributed by atoms with Gasteiger partial charge in [0.1, 0.15) is 5.65 Å². The first-order valence-electron chi connectivity index (χ1n) is 9.16. The number of aliphatic hydroxyl groups excluding tert-OH is 1. The maximum absolute atomic E-state index is 12.9. The Morgan fingerprint density at radius 2 is 2.20 bits per heavy atom. The molecule has 0 unspecified atom stereocenters. The molecule has 2 aromatic rings. The van der Waals surface area contributed by atoms with E-state index < -0.39 is 0 Å². The SMILES string of the molecule is Cc1ccn2cc(CN3CC[C@@]4(CCCN(CCO)C4=O)C3)nc2c1. The van der Waals surface area contributed by atoms with E-state index in [0.717, 1.165) is 56.8 Å². The van der Waals surface area contributed by atoms with Crippen LogP contribution in [0.3, 0.4) is 0 Å². The van der Waals surface area contributed by atoms with E-state index in [1.54, 1.807) is 0 Å². The summed E-state index contributed by atoms with van der Waals surface area (Å²) < 4.78 is 2.06. The van der Waals surface area contributed by atoms with Crippen LogP contribution in [0.25, 0.3) is 5.65 Å². The quantitative estimate of drug-likeness (QED) is 0.914. The Morgan fingerprint density at radius 1 is 1.32 bits per heavy atom. The number of imidazole rings is 1. The van der Waals surface area contributed by atoms with Gasteiger partial charge in [-0.1, -0.05) is 0 Å². The monoisotopic (exact) mass is 342 g/mol. The molecule has 2 fully saturated rings. The molecule has 1 amide bonds. The Kier molecular flexibility index (Phi) is 4.25. The summed E-state index contributed by atoms with van der Waals surface area (Å²) in [6.07, 6.45) is 7.05. The minimum atomic E-state index is -0.247. The molecule has 6 nitrogen and oxygen atoms in total. The number of aliphatic hydroxyl groups is 1. The molecule has 25 heavy (non-hydrogen) atoms. The van der Waals surface area contributed by atoms with E-state index in [1.807, 2.05) is 11.1 Å². The molecule has 0 bridgehead atoms. The number of β-amino-alcohol motifs (C(OH)–C–C–N with tert-alkyl or cyclic N) is 1. The van der Waals surface area contributed by atoms with Gasteiger partial charge < -0.3 is 14.4 Å². The summed E-state index contributed by atoms with van der Waals surface area (Å²) in [5.74, 6) is 0.237. The molecule has 4 rings (SSSR count). The van der Waals surface area contributed by atoms with Crippen molar-refractivity contribution in [3.63, 3.8) is 0 Å². The van der Waals surface area contributed by atoms with E-state index in [9.17, 15) is 9.90 Å². The molecule has 1 spiro atoms. The second kappa shape index (κ2) is 6.42. The second-order valence-electron chi connectivity index (χ2n) is 7.56. The summed E-state index contributed by atoms with van der Waals surface area (Å²) in [5, 5.41) is 9.19. The maximum atomic E-state index is 12.9.